The fourth-order valence-electron chi connectivity index (χ4n) is 1.92. The average Bonchev–Trinajstić information content (AvgIpc) is 2.08. The van der Waals surface area contributed by atoms with Gasteiger partial charge in [0.1, 0.15) is 0 Å². The zero-order valence-electron chi connectivity index (χ0n) is 8.10. The molecule has 0 aromatic heterocycles. The summed E-state index contributed by atoms with van der Waals surface area (Å²) in [6, 6.07) is 0. The SMILES string of the molecule is CC1=C(C(C)(C)C)C(C)C=N1. The van der Waals surface area contributed by atoms with E-state index in [0.29, 0.717) is 5.92 Å². The van der Waals surface area contributed by atoms with Crippen LogP contribution in [0.25, 0.3) is 0 Å². The van der Waals surface area contributed by atoms with Crippen LogP contribution in [0.4, 0.5) is 0 Å². The third-order valence-corrected chi connectivity index (χ3v) is 2.14. The molecule has 0 amide bonds. The molecule has 1 nitrogen and oxygen atoms in total. The van der Waals surface area contributed by atoms with Gasteiger partial charge in [-0.15, -0.1) is 0 Å². The molecule has 0 saturated carbocycles. The summed E-state index contributed by atoms with van der Waals surface area (Å²) in [7, 11) is 0. The van der Waals surface area contributed by atoms with Gasteiger partial charge >= 0.3 is 0 Å². The first-order valence-corrected chi connectivity index (χ1v) is 4.18. The van der Waals surface area contributed by atoms with Crippen molar-refractivity contribution in [2.75, 3.05) is 0 Å². The normalized spacial score (nSPS) is 25.0. The van der Waals surface area contributed by atoms with Crippen molar-refractivity contribution in [3.8, 4) is 0 Å². The van der Waals surface area contributed by atoms with Gasteiger partial charge in [0.25, 0.3) is 0 Å². The minimum atomic E-state index is 0.278. The number of hydrogen-bond acceptors (Lipinski definition) is 1. The van der Waals surface area contributed by atoms with E-state index in [1.54, 1.807) is 0 Å². The van der Waals surface area contributed by atoms with Crippen LogP contribution < -0.4 is 0 Å². The Morgan fingerprint density at radius 1 is 1.36 bits per heavy atom. The van der Waals surface area contributed by atoms with Gasteiger partial charge in [-0.3, -0.25) is 4.99 Å². The molecule has 0 aliphatic carbocycles. The van der Waals surface area contributed by atoms with Gasteiger partial charge in [-0.2, -0.15) is 0 Å². The fourth-order valence-corrected chi connectivity index (χ4v) is 1.92. The maximum absolute atomic E-state index is 4.32. The Morgan fingerprint density at radius 3 is 2.09 bits per heavy atom. The van der Waals surface area contributed by atoms with Crippen LogP contribution in [-0.4, -0.2) is 6.21 Å². The summed E-state index contributed by atoms with van der Waals surface area (Å²) < 4.78 is 0. The van der Waals surface area contributed by atoms with Gasteiger partial charge in [0, 0.05) is 17.8 Å². The van der Waals surface area contributed by atoms with Gasteiger partial charge in [-0.25, -0.2) is 0 Å². The quantitative estimate of drug-likeness (QED) is 0.504. The molecule has 0 N–H and O–H groups in total. The van der Waals surface area contributed by atoms with E-state index in [0.717, 1.165) is 0 Å². The summed E-state index contributed by atoms with van der Waals surface area (Å²) >= 11 is 0. The van der Waals surface area contributed by atoms with E-state index in [1.807, 2.05) is 6.21 Å². The number of aliphatic imine (C=N–C) groups is 1. The smallest absolute Gasteiger partial charge is 0.0372 e. The highest BCUT2D eigenvalue weighted by atomic mass is 14.8. The molecule has 1 atom stereocenters. The van der Waals surface area contributed by atoms with Crippen LogP contribution in [0.15, 0.2) is 16.3 Å². The van der Waals surface area contributed by atoms with Gasteiger partial charge in [0.2, 0.25) is 0 Å². The Labute approximate surface area is 69.2 Å². The van der Waals surface area contributed by atoms with Crippen molar-refractivity contribution in [2.24, 2.45) is 16.3 Å². The van der Waals surface area contributed by atoms with Crippen LogP contribution in [-0.2, 0) is 0 Å². The minimum absolute atomic E-state index is 0.278. The van der Waals surface area contributed by atoms with Gasteiger partial charge < -0.3 is 0 Å². The highest BCUT2D eigenvalue weighted by Gasteiger charge is 2.26. The first kappa shape index (κ1) is 8.51. The molecule has 62 valence electrons. The Balaban J connectivity index is 2.98. The first-order chi connectivity index (χ1) is 4.93. The maximum atomic E-state index is 4.32. The fraction of sp³-hybridized carbons (Fsp3) is 0.700. The molecule has 1 rings (SSSR count). The number of nitrogens with zero attached hydrogens (tertiary/aromatic N) is 1. The highest BCUT2D eigenvalue weighted by Crippen LogP contribution is 2.36. The van der Waals surface area contributed by atoms with Crippen LogP contribution in [0.2, 0.25) is 0 Å². The molecule has 0 fully saturated rings. The molecule has 11 heavy (non-hydrogen) atoms. The van der Waals surface area contributed by atoms with Crippen LogP contribution in [0, 0.1) is 11.3 Å². The second kappa shape index (κ2) is 2.47. The van der Waals surface area contributed by atoms with E-state index in [1.165, 1.54) is 11.3 Å². The lowest BCUT2D eigenvalue weighted by Crippen LogP contribution is -2.15. The van der Waals surface area contributed by atoms with E-state index in [9.17, 15) is 0 Å². The Kier molecular flexibility index (Phi) is 1.91. The summed E-state index contributed by atoms with van der Waals surface area (Å²) in [4.78, 5) is 4.32. The van der Waals surface area contributed by atoms with Crippen molar-refractivity contribution in [1.82, 2.24) is 0 Å². The molecule has 0 aromatic carbocycles. The monoisotopic (exact) mass is 151 g/mol. The second-order valence-corrected chi connectivity index (χ2v) is 4.32. The van der Waals surface area contributed by atoms with E-state index in [4.69, 9.17) is 0 Å². The lowest BCUT2D eigenvalue weighted by Gasteiger charge is -2.24. The minimum Gasteiger partial charge on any atom is -0.265 e. The molecule has 0 bridgehead atoms. The topological polar surface area (TPSA) is 12.4 Å². The standard InChI is InChI=1S/C10H17N/c1-7-6-11-8(2)9(7)10(3,4)5/h6-7H,1-5H3. The molecule has 1 heteroatoms. The molecular weight excluding hydrogens is 134 g/mol. The summed E-state index contributed by atoms with van der Waals surface area (Å²) in [5.74, 6) is 0.537. The van der Waals surface area contributed by atoms with Gasteiger partial charge in [-0.1, -0.05) is 27.7 Å². The third kappa shape index (κ3) is 1.52. The molecule has 0 spiro atoms. The highest BCUT2D eigenvalue weighted by molar-refractivity contribution is 5.70. The predicted molar refractivity (Wildman–Crippen MR) is 49.8 cm³/mol. The van der Waals surface area contributed by atoms with Crippen molar-refractivity contribution in [2.45, 2.75) is 34.6 Å². The Bertz CT molecular complexity index is 216. The van der Waals surface area contributed by atoms with Crippen molar-refractivity contribution < 1.29 is 0 Å². The van der Waals surface area contributed by atoms with E-state index in [-0.39, 0.29) is 5.41 Å². The molecule has 0 radical (unpaired) electrons. The molecule has 1 aliphatic rings. The Hall–Kier alpha value is -0.590. The van der Waals surface area contributed by atoms with Crippen LogP contribution in [0.5, 0.6) is 0 Å². The number of allylic oxidation sites excluding steroid dienone is 2. The zero-order chi connectivity index (χ0) is 8.65. The largest absolute Gasteiger partial charge is 0.265 e. The van der Waals surface area contributed by atoms with Crippen molar-refractivity contribution in [3.05, 3.63) is 11.3 Å². The first-order valence-electron chi connectivity index (χ1n) is 4.18. The van der Waals surface area contributed by atoms with Gasteiger partial charge in [0.15, 0.2) is 0 Å². The summed E-state index contributed by atoms with van der Waals surface area (Å²) in [5.41, 5.74) is 2.97. The van der Waals surface area contributed by atoms with Gasteiger partial charge in [-0.05, 0) is 17.9 Å². The van der Waals surface area contributed by atoms with Gasteiger partial charge in [0.05, 0.1) is 0 Å². The van der Waals surface area contributed by atoms with E-state index >= 15 is 0 Å². The summed E-state index contributed by atoms with van der Waals surface area (Å²) in [5, 5.41) is 0. The van der Waals surface area contributed by atoms with Crippen molar-refractivity contribution >= 4 is 6.21 Å². The molecular formula is C10H17N. The lowest BCUT2D eigenvalue weighted by molar-refractivity contribution is 0.469. The molecule has 0 saturated heterocycles. The maximum Gasteiger partial charge on any atom is 0.0372 e. The zero-order valence-corrected chi connectivity index (χ0v) is 8.10. The molecule has 1 unspecified atom stereocenters. The second-order valence-electron chi connectivity index (χ2n) is 4.32. The number of hydrogen-bond donors (Lipinski definition) is 0. The van der Waals surface area contributed by atoms with Crippen LogP contribution >= 0.6 is 0 Å². The molecule has 1 aliphatic heterocycles. The Morgan fingerprint density at radius 2 is 1.91 bits per heavy atom. The van der Waals surface area contributed by atoms with Crippen LogP contribution in [0.3, 0.4) is 0 Å². The summed E-state index contributed by atoms with van der Waals surface area (Å²) in [6.07, 6.45) is 2.04. The lowest BCUT2D eigenvalue weighted by atomic mass is 9.80. The van der Waals surface area contributed by atoms with E-state index in [2.05, 4.69) is 39.6 Å². The molecule has 0 aromatic rings. The third-order valence-electron chi connectivity index (χ3n) is 2.14. The van der Waals surface area contributed by atoms with E-state index < -0.39 is 0 Å². The van der Waals surface area contributed by atoms with Crippen LogP contribution in [0.1, 0.15) is 34.6 Å². The van der Waals surface area contributed by atoms with Crippen molar-refractivity contribution in [3.63, 3.8) is 0 Å². The average molecular weight is 151 g/mol. The summed E-state index contributed by atoms with van der Waals surface area (Å²) in [6.45, 7) is 11.0. The van der Waals surface area contributed by atoms with Crippen molar-refractivity contribution in [1.29, 1.82) is 0 Å². The predicted octanol–water partition coefficient (Wildman–Crippen LogP) is 3.03. The molecule has 1 heterocycles. The number of rotatable bonds is 0.